The van der Waals surface area contributed by atoms with Crippen molar-refractivity contribution in [3.63, 3.8) is 0 Å². The average Bonchev–Trinajstić information content (AvgIpc) is 4.16. The van der Waals surface area contributed by atoms with Gasteiger partial charge in [-0.1, -0.05) is 38.1 Å². The largest absolute Gasteiger partial charge is 0.489 e. The fourth-order valence-electron chi connectivity index (χ4n) is 12.5. The second kappa shape index (κ2) is 19.1. The van der Waals surface area contributed by atoms with Gasteiger partial charge in [0, 0.05) is 67.2 Å². The number of sulfonamides is 1. The van der Waals surface area contributed by atoms with Crippen molar-refractivity contribution < 1.29 is 37.5 Å². The number of likely N-dealkylation sites (tertiary alicyclic amines) is 1. The van der Waals surface area contributed by atoms with E-state index in [9.17, 15) is 28.4 Å². The first-order valence-corrected chi connectivity index (χ1v) is 27.4. The molecular formula is C54H66N8O9S. The number of ether oxygens (including phenoxy) is 3. The van der Waals surface area contributed by atoms with Crippen molar-refractivity contribution in [2.75, 3.05) is 49.5 Å². The summed E-state index contributed by atoms with van der Waals surface area (Å²) in [5, 5.41) is 30.3. The molecule has 2 saturated carbocycles. The van der Waals surface area contributed by atoms with Gasteiger partial charge in [-0.2, -0.15) is 4.98 Å². The Bertz CT molecular complexity index is 2960. The molecule has 18 heteroatoms. The van der Waals surface area contributed by atoms with Gasteiger partial charge >= 0.3 is 0 Å². The maximum absolute atomic E-state index is 14.4. The molecule has 4 aliphatic heterocycles. The number of rotatable bonds is 13. The minimum Gasteiger partial charge on any atom is -0.489 e. The van der Waals surface area contributed by atoms with Gasteiger partial charge in [0.05, 0.1) is 27.0 Å². The maximum Gasteiger partial charge on any atom is 0.297 e. The third-order valence-electron chi connectivity index (χ3n) is 16.7. The number of carbonyl (C=O) groups excluding carboxylic acids is 1. The predicted molar refractivity (Wildman–Crippen MR) is 274 cm³/mol. The van der Waals surface area contributed by atoms with Crippen LogP contribution >= 0.6 is 0 Å². The van der Waals surface area contributed by atoms with E-state index in [0.717, 1.165) is 62.6 Å². The molecule has 72 heavy (non-hydrogen) atoms. The fraction of sp³-hybridized carbons (Fsp3) is 0.519. The first-order chi connectivity index (χ1) is 34.6. The molecule has 2 aromatic heterocycles. The summed E-state index contributed by atoms with van der Waals surface area (Å²) in [6, 6.07) is 20.7. The predicted octanol–water partition coefficient (Wildman–Crippen LogP) is 8.95. The van der Waals surface area contributed by atoms with Crippen molar-refractivity contribution in [1.29, 1.82) is 0 Å². The van der Waals surface area contributed by atoms with Gasteiger partial charge in [0.15, 0.2) is 17.2 Å². The molecule has 1 amide bonds. The van der Waals surface area contributed by atoms with Crippen molar-refractivity contribution in [2.45, 2.75) is 132 Å². The molecule has 1 spiro atoms. The third kappa shape index (κ3) is 9.58. The van der Waals surface area contributed by atoms with E-state index in [0.29, 0.717) is 55.9 Å². The number of anilines is 2. The second-order valence-corrected chi connectivity index (χ2v) is 23.5. The maximum atomic E-state index is 14.4. The number of aromatic amines is 1. The highest BCUT2D eigenvalue weighted by Gasteiger charge is 2.50. The molecule has 5 fully saturated rings. The molecule has 0 unspecified atom stereocenters. The average molecular weight is 1000 g/mol. The number of hydrogen-bond acceptors (Lipinski definition) is 14. The van der Waals surface area contributed by atoms with E-state index in [1.165, 1.54) is 42.9 Å². The molecule has 3 atom stereocenters. The number of nitrogens with one attached hydrogen (secondary N) is 4. The Hall–Kier alpha value is -5.95. The zero-order valence-electron chi connectivity index (χ0n) is 41.3. The fourth-order valence-corrected chi connectivity index (χ4v) is 13.5. The minimum absolute atomic E-state index is 0.00418. The Morgan fingerprint density at radius 2 is 1.78 bits per heavy atom. The monoisotopic (exact) mass is 1000 g/mol. The SMILES string of the molecule is CC(C)c1ccccc1[C@H]1CCCN1C1CC2(CCN(c3ccc(C(=O)NS(=O)(=O)c4cc5c(c([N+](=O)[O-])c4)N[C@@H]([C@H]4CC[C@](C)(O)CC4)CO5)c(Oc4cc5cc[nH]c5nc4O[C@H]4CCNC4)c3)CC2)C1. The molecule has 6 aliphatic rings. The number of H-pyrrole nitrogens is 1. The molecule has 17 nitrogen and oxygen atoms in total. The number of carbonyl (C=O) groups is 1. The first-order valence-electron chi connectivity index (χ1n) is 25.9. The quantitative estimate of drug-likeness (QED) is 0.0551. The van der Waals surface area contributed by atoms with E-state index in [4.69, 9.17) is 19.2 Å². The van der Waals surface area contributed by atoms with E-state index < -0.39 is 37.0 Å². The van der Waals surface area contributed by atoms with Crippen LogP contribution in [0.2, 0.25) is 0 Å². The number of amides is 1. The van der Waals surface area contributed by atoms with Gasteiger partial charge in [-0.25, -0.2) is 13.1 Å². The molecule has 11 rings (SSSR count). The number of piperidine rings is 1. The Kier molecular flexibility index (Phi) is 12.9. The van der Waals surface area contributed by atoms with Crippen LogP contribution in [-0.2, 0) is 10.0 Å². The molecule has 0 radical (unpaired) electrons. The zero-order valence-corrected chi connectivity index (χ0v) is 42.1. The Morgan fingerprint density at radius 3 is 2.53 bits per heavy atom. The number of nitro groups is 1. The minimum atomic E-state index is -4.71. The lowest BCUT2D eigenvalue weighted by Gasteiger charge is -2.56. The van der Waals surface area contributed by atoms with Gasteiger partial charge in [0.1, 0.15) is 24.1 Å². The number of benzene rings is 3. The van der Waals surface area contributed by atoms with Crippen LogP contribution in [0.25, 0.3) is 11.0 Å². The number of fused-ring (bicyclic) bond motifs is 2. The summed E-state index contributed by atoms with van der Waals surface area (Å²) in [4.78, 5) is 38.8. The highest BCUT2D eigenvalue weighted by atomic mass is 32.2. The second-order valence-electron chi connectivity index (χ2n) is 21.9. The van der Waals surface area contributed by atoms with E-state index >= 15 is 0 Å². The molecule has 3 aromatic carbocycles. The Morgan fingerprint density at radius 1 is 0.986 bits per heavy atom. The molecule has 0 bridgehead atoms. The Labute approximate surface area is 420 Å². The Balaban J connectivity index is 0.842. The molecule has 5 aromatic rings. The summed E-state index contributed by atoms with van der Waals surface area (Å²) in [5.41, 5.74) is 3.39. The molecule has 5 N–H and O–H groups in total. The van der Waals surface area contributed by atoms with E-state index in [-0.39, 0.29) is 64.5 Å². The lowest BCUT2D eigenvalue weighted by Crippen LogP contribution is -2.54. The number of pyridine rings is 1. The summed E-state index contributed by atoms with van der Waals surface area (Å²) in [6.07, 6.45) is 11.8. The van der Waals surface area contributed by atoms with Crippen LogP contribution in [0.3, 0.4) is 0 Å². The van der Waals surface area contributed by atoms with Gasteiger partial charge in [0.25, 0.3) is 27.5 Å². The van der Waals surface area contributed by atoms with Gasteiger partial charge in [-0.15, -0.1) is 0 Å². The summed E-state index contributed by atoms with van der Waals surface area (Å²) >= 11 is 0. The number of aliphatic hydroxyl groups is 1. The van der Waals surface area contributed by atoms with Crippen LogP contribution in [0.15, 0.2) is 77.8 Å². The highest BCUT2D eigenvalue weighted by molar-refractivity contribution is 7.90. The normalized spacial score (nSPS) is 25.4. The zero-order chi connectivity index (χ0) is 49.9. The van der Waals surface area contributed by atoms with Crippen LogP contribution < -0.4 is 34.5 Å². The van der Waals surface area contributed by atoms with Crippen LogP contribution in [0.5, 0.6) is 23.1 Å². The molecule has 6 heterocycles. The van der Waals surface area contributed by atoms with Gasteiger partial charge in [-0.05, 0) is 143 Å². The molecule has 2 aliphatic carbocycles. The summed E-state index contributed by atoms with van der Waals surface area (Å²) in [7, 11) is -4.71. The van der Waals surface area contributed by atoms with E-state index in [1.807, 2.05) is 19.1 Å². The van der Waals surface area contributed by atoms with Crippen molar-refractivity contribution >= 4 is 44.0 Å². The smallest absolute Gasteiger partial charge is 0.297 e. The topological polar surface area (TPSA) is 214 Å². The summed E-state index contributed by atoms with van der Waals surface area (Å²) < 4.78 is 49.6. The van der Waals surface area contributed by atoms with Crippen molar-refractivity contribution in [2.24, 2.45) is 11.3 Å². The third-order valence-corrected chi connectivity index (χ3v) is 18.0. The number of nitro benzene ring substituents is 1. The van der Waals surface area contributed by atoms with Crippen LogP contribution in [0.1, 0.15) is 125 Å². The first kappa shape index (κ1) is 48.3. The molecular weight excluding hydrogens is 937 g/mol. The number of aromatic nitrogens is 2. The van der Waals surface area contributed by atoms with Gasteiger partial charge < -0.3 is 39.8 Å². The lowest BCUT2D eigenvalue weighted by atomic mass is 9.59. The van der Waals surface area contributed by atoms with Gasteiger partial charge in [0.2, 0.25) is 0 Å². The van der Waals surface area contributed by atoms with Crippen molar-refractivity contribution in [3.8, 4) is 23.1 Å². The van der Waals surface area contributed by atoms with Crippen LogP contribution in [0.4, 0.5) is 17.1 Å². The van der Waals surface area contributed by atoms with Crippen molar-refractivity contribution in [1.82, 2.24) is 24.9 Å². The van der Waals surface area contributed by atoms with E-state index in [2.05, 4.69) is 68.3 Å². The van der Waals surface area contributed by atoms with Crippen molar-refractivity contribution in [3.05, 3.63) is 99.7 Å². The van der Waals surface area contributed by atoms with Gasteiger partial charge in [-0.3, -0.25) is 19.8 Å². The standard InChI is InChI=1S/C54H66N8O9S/c1-33(2)40-7-4-5-8-41(40)44-9-6-22-61(44)37-29-54(30-37)18-23-60(24-19-54)36-10-11-42(46(26-36)71-48-25-35-14-21-56-50(35)58-52(48)70-38-15-20-55-31-38)51(63)59-72(67,68)39-27-45(62(65)66)49-47(28-39)69-32-43(57-49)34-12-16-53(3,64)17-13-34/h4-5,7-8,10-11,14,21,25-28,33-34,37-38,43-44,55,57,64H,6,9,12-13,15-20,22-24,29-32H2,1-3H3,(H,56,58)(H,59,63)/t34-,38-,43+,44+,53-/m0/s1. The van der Waals surface area contributed by atoms with Crippen LogP contribution in [0, 0.1) is 21.4 Å². The molecule has 3 saturated heterocycles. The summed E-state index contributed by atoms with van der Waals surface area (Å²) in [6.45, 7) is 10.7. The van der Waals surface area contributed by atoms with E-state index in [1.54, 1.807) is 24.4 Å². The van der Waals surface area contributed by atoms with Crippen LogP contribution in [-0.4, -0.2) is 102 Å². The number of nitrogens with zero attached hydrogens (tertiary/aromatic N) is 4. The highest BCUT2D eigenvalue weighted by Crippen LogP contribution is 2.54. The number of hydrogen-bond donors (Lipinski definition) is 5. The lowest BCUT2D eigenvalue weighted by molar-refractivity contribution is -0.384. The summed E-state index contributed by atoms with van der Waals surface area (Å²) in [5.74, 6) is 0.158. The molecule has 382 valence electrons.